The van der Waals surface area contributed by atoms with Crippen LogP contribution in [0.1, 0.15) is 5.82 Å². The predicted octanol–water partition coefficient (Wildman–Crippen LogP) is 1.72. The van der Waals surface area contributed by atoms with Crippen molar-refractivity contribution >= 4 is 17.1 Å². The number of fused-ring (bicyclic) bond motifs is 1. The molecule has 0 aliphatic carbocycles. The summed E-state index contributed by atoms with van der Waals surface area (Å²) in [6.45, 7) is 0.668. The molecule has 2 aromatic heterocycles. The molecule has 0 radical (unpaired) electrons. The largest absolute Gasteiger partial charge is 0.494 e. The quantitative estimate of drug-likeness (QED) is 0.865. The lowest BCUT2D eigenvalue weighted by molar-refractivity contribution is 0.418. The number of rotatable bonds is 3. The van der Waals surface area contributed by atoms with Crippen LogP contribution in [0.5, 0.6) is 5.75 Å². The molecule has 0 amide bonds. The van der Waals surface area contributed by atoms with Crippen LogP contribution in [0, 0.1) is 0 Å². The van der Waals surface area contributed by atoms with Gasteiger partial charge in [-0.05, 0) is 19.2 Å². The van der Waals surface area contributed by atoms with E-state index >= 15 is 0 Å². The zero-order valence-corrected chi connectivity index (χ0v) is 9.38. The van der Waals surface area contributed by atoms with Crippen molar-refractivity contribution in [1.29, 1.82) is 0 Å². The lowest BCUT2D eigenvalue weighted by Gasteiger charge is -2.04. The Kier molecular flexibility index (Phi) is 2.79. The predicted molar refractivity (Wildman–Crippen MR) is 59.5 cm³/mol. The Morgan fingerprint density at radius 1 is 1.60 bits per heavy atom. The summed E-state index contributed by atoms with van der Waals surface area (Å²) in [6, 6.07) is 3.77. The van der Waals surface area contributed by atoms with E-state index in [0.717, 1.165) is 17.1 Å². The minimum Gasteiger partial charge on any atom is -0.494 e. The third-order valence-electron chi connectivity index (χ3n) is 2.21. The van der Waals surface area contributed by atoms with Crippen LogP contribution >= 0.6 is 11.6 Å². The number of methoxy groups -OCH3 is 1. The van der Waals surface area contributed by atoms with E-state index in [0.29, 0.717) is 11.7 Å². The fraction of sp³-hybridized carbons (Fsp3) is 0.300. The van der Waals surface area contributed by atoms with E-state index in [1.165, 1.54) is 0 Å². The van der Waals surface area contributed by atoms with Gasteiger partial charge in [-0.2, -0.15) is 0 Å². The Hall–Kier alpha value is -1.26. The van der Waals surface area contributed by atoms with Gasteiger partial charge in [0.15, 0.2) is 5.15 Å². The second kappa shape index (κ2) is 4.08. The maximum atomic E-state index is 6.06. The number of ether oxygens (including phenoxy) is 1. The highest BCUT2D eigenvalue weighted by Gasteiger charge is 2.12. The van der Waals surface area contributed by atoms with Crippen LogP contribution in [-0.4, -0.2) is 23.5 Å². The van der Waals surface area contributed by atoms with Gasteiger partial charge in [0.05, 0.1) is 13.7 Å². The van der Waals surface area contributed by atoms with Crippen LogP contribution in [0.15, 0.2) is 18.3 Å². The highest BCUT2D eigenvalue weighted by atomic mass is 35.5. The first-order valence-electron chi connectivity index (χ1n) is 4.62. The summed E-state index contributed by atoms with van der Waals surface area (Å²) in [4.78, 5) is 4.27. The van der Waals surface area contributed by atoms with E-state index in [1.807, 2.05) is 29.8 Å². The van der Waals surface area contributed by atoms with Gasteiger partial charge in [0.2, 0.25) is 0 Å². The van der Waals surface area contributed by atoms with Gasteiger partial charge in [0, 0.05) is 6.20 Å². The molecule has 80 valence electrons. The number of hydrogen-bond donors (Lipinski definition) is 1. The van der Waals surface area contributed by atoms with E-state index in [2.05, 4.69) is 10.3 Å². The molecule has 2 rings (SSSR count). The molecule has 0 unspecified atom stereocenters. The molecule has 4 nitrogen and oxygen atoms in total. The third kappa shape index (κ3) is 1.66. The molecule has 2 aromatic rings. The lowest BCUT2D eigenvalue weighted by atomic mass is 10.4. The first-order valence-corrected chi connectivity index (χ1v) is 4.99. The average molecular weight is 226 g/mol. The Balaban J connectivity index is 2.68. The molecule has 0 aliphatic heterocycles. The van der Waals surface area contributed by atoms with Gasteiger partial charge in [0.25, 0.3) is 0 Å². The molecule has 5 heteroatoms. The summed E-state index contributed by atoms with van der Waals surface area (Å²) < 4.78 is 7.16. The van der Waals surface area contributed by atoms with Crippen LogP contribution in [0.25, 0.3) is 5.52 Å². The average Bonchev–Trinajstić information content (AvgIpc) is 2.57. The molecule has 15 heavy (non-hydrogen) atoms. The number of imidazole rings is 1. The molecular formula is C10H12ClN3O. The van der Waals surface area contributed by atoms with Gasteiger partial charge in [-0.3, -0.25) is 4.40 Å². The van der Waals surface area contributed by atoms with Crippen molar-refractivity contribution in [2.45, 2.75) is 6.54 Å². The standard InChI is InChI=1S/C10H12ClN3O/c1-12-6-8-13-10(11)9-7(15-2)4-3-5-14(8)9/h3-5,12H,6H2,1-2H3. The maximum Gasteiger partial charge on any atom is 0.159 e. The number of aromatic nitrogens is 2. The molecule has 0 aromatic carbocycles. The van der Waals surface area contributed by atoms with Crippen molar-refractivity contribution in [2.75, 3.05) is 14.2 Å². The second-order valence-corrected chi connectivity index (χ2v) is 3.50. The summed E-state index contributed by atoms with van der Waals surface area (Å²) in [6.07, 6.45) is 1.92. The number of nitrogens with one attached hydrogen (secondary N) is 1. The molecule has 0 spiro atoms. The van der Waals surface area contributed by atoms with Crippen LogP contribution in [0.4, 0.5) is 0 Å². The third-order valence-corrected chi connectivity index (χ3v) is 2.48. The minimum absolute atomic E-state index is 0.470. The molecule has 1 N–H and O–H groups in total. The Morgan fingerprint density at radius 3 is 3.07 bits per heavy atom. The number of hydrogen-bond acceptors (Lipinski definition) is 3. The van der Waals surface area contributed by atoms with Crippen LogP contribution in [0.3, 0.4) is 0 Å². The van der Waals surface area contributed by atoms with Crippen molar-refractivity contribution in [3.05, 3.63) is 29.3 Å². The summed E-state index contributed by atoms with van der Waals surface area (Å²) in [5, 5.41) is 3.51. The van der Waals surface area contributed by atoms with Gasteiger partial charge in [0.1, 0.15) is 17.1 Å². The van der Waals surface area contributed by atoms with Crippen LogP contribution < -0.4 is 10.1 Å². The molecule has 0 saturated carbocycles. The number of halogens is 1. The lowest BCUT2D eigenvalue weighted by Crippen LogP contribution is -2.08. The van der Waals surface area contributed by atoms with Crippen molar-refractivity contribution in [1.82, 2.24) is 14.7 Å². The van der Waals surface area contributed by atoms with E-state index in [-0.39, 0.29) is 0 Å². The van der Waals surface area contributed by atoms with Crippen LogP contribution in [0.2, 0.25) is 5.15 Å². The van der Waals surface area contributed by atoms with Gasteiger partial charge in [-0.1, -0.05) is 11.6 Å². The summed E-state index contributed by atoms with van der Waals surface area (Å²) in [5.41, 5.74) is 0.812. The first kappa shape index (κ1) is 10.3. The Labute approximate surface area is 92.8 Å². The molecule has 0 saturated heterocycles. The Morgan fingerprint density at radius 2 is 2.40 bits per heavy atom. The van der Waals surface area contributed by atoms with E-state index < -0.39 is 0 Å². The molecular weight excluding hydrogens is 214 g/mol. The van der Waals surface area contributed by atoms with E-state index in [4.69, 9.17) is 16.3 Å². The monoisotopic (exact) mass is 225 g/mol. The highest BCUT2D eigenvalue weighted by molar-refractivity contribution is 6.33. The van der Waals surface area contributed by atoms with Crippen molar-refractivity contribution in [3.63, 3.8) is 0 Å². The zero-order chi connectivity index (χ0) is 10.8. The normalized spacial score (nSPS) is 10.9. The topological polar surface area (TPSA) is 38.6 Å². The Bertz CT molecular complexity index is 481. The van der Waals surface area contributed by atoms with Crippen molar-refractivity contribution in [2.24, 2.45) is 0 Å². The number of pyridine rings is 1. The molecule has 0 fully saturated rings. The molecule has 0 bridgehead atoms. The van der Waals surface area contributed by atoms with Crippen molar-refractivity contribution in [3.8, 4) is 5.75 Å². The molecule has 2 heterocycles. The summed E-state index contributed by atoms with van der Waals surface area (Å²) in [7, 11) is 3.49. The maximum absolute atomic E-state index is 6.06. The SMILES string of the molecule is CNCc1nc(Cl)c2c(OC)cccn12. The smallest absolute Gasteiger partial charge is 0.159 e. The second-order valence-electron chi connectivity index (χ2n) is 3.14. The fourth-order valence-electron chi connectivity index (χ4n) is 1.57. The minimum atomic E-state index is 0.470. The van der Waals surface area contributed by atoms with Gasteiger partial charge >= 0.3 is 0 Å². The zero-order valence-electron chi connectivity index (χ0n) is 8.62. The first-order chi connectivity index (χ1) is 7.27. The van der Waals surface area contributed by atoms with Crippen LogP contribution in [-0.2, 0) is 6.54 Å². The number of nitrogens with zero attached hydrogens (tertiary/aromatic N) is 2. The molecule has 0 aliphatic rings. The van der Waals surface area contributed by atoms with Gasteiger partial charge in [-0.25, -0.2) is 4.98 Å². The summed E-state index contributed by atoms with van der Waals surface area (Å²) in [5.74, 6) is 1.61. The van der Waals surface area contributed by atoms with Crippen molar-refractivity contribution < 1.29 is 4.74 Å². The van der Waals surface area contributed by atoms with E-state index in [9.17, 15) is 0 Å². The highest BCUT2D eigenvalue weighted by Crippen LogP contribution is 2.27. The van der Waals surface area contributed by atoms with Gasteiger partial charge < -0.3 is 10.1 Å². The molecule has 0 atom stereocenters. The summed E-state index contributed by atoms with van der Waals surface area (Å²) >= 11 is 6.06. The van der Waals surface area contributed by atoms with Gasteiger partial charge in [-0.15, -0.1) is 0 Å². The fourth-order valence-corrected chi connectivity index (χ4v) is 1.85. The van der Waals surface area contributed by atoms with E-state index in [1.54, 1.807) is 7.11 Å².